The zero-order chi connectivity index (χ0) is 18.4. The molecule has 0 unspecified atom stereocenters. The summed E-state index contributed by atoms with van der Waals surface area (Å²) in [6.07, 6.45) is 2.87. The minimum Gasteiger partial charge on any atom is -0.458 e. The Kier molecular flexibility index (Phi) is 5.70. The van der Waals surface area contributed by atoms with Crippen LogP contribution in [0.5, 0.6) is 0 Å². The van der Waals surface area contributed by atoms with Crippen molar-refractivity contribution in [3.05, 3.63) is 81.4 Å². The van der Waals surface area contributed by atoms with Crippen molar-refractivity contribution in [1.82, 2.24) is 0 Å². The average molecular weight is 339 g/mol. The largest absolute Gasteiger partial charge is 0.458 e. The number of hydrogen-bond donors (Lipinski definition) is 0. The number of hydrogen-bond acceptors (Lipinski definition) is 4. The van der Waals surface area contributed by atoms with Crippen molar-refractivity contribution in [2.24, 2.45) is 0 Å². The Bertz CT molecular complexity index is 769. The van der Waals surface area contributed by atoms with Gasteiger partial charge in [-0.25, -0.2) is 4.79 Å². The monoisotopic (exact) mass is 339 g/mol. The van der Waals surface area contributed by atoms with Gasteiger partial charge in [-0.1, -0.05) is 45.0 Å². The molecule has 5 heteroatoms. The lowest BCUT2D eigenvalue weighted by molar-refractivity contribution is -0.384. The number of nitro groups is 1. The second-order valence-electron chi connectivity index (χ2n) is 6.74. The number of ether oxygens (including phenoxy) is 1. The standard InChI is InChI=1S/C20H21NO4/c1-20(2,3)17-9-4-16(5-10-17)14-25-19(22)13-8-15-6-11-18(12-7-15)21(23)24/h4-13H,14H2,1-3H3. The highest BCUT2D eigenvalue weighted by Gasteiger charge is 2.12. The molecule has 0 radical (unpaired) electrons. The Labute approximate surface area is 147 Å². The molecule has 0 aliphatic rings. The van der Waals surface area contributed by atoms with Gasteiger partial charge in [-0.05, 0) is 40.3 Å². The highest BCUT2D eigenvalue weighted by molar-refractivity contribution is 5.87. The van der Waals surface area contributed by atoms with Gasteiger partial charge in [-0.2, -0.15) is 0 Å². The smallest absolute Gasteiger partial charge is 0.331 e. The predicted molar refractivity (Wildman–Crippen MR) is 97.1 cm³/mol. The van der Waals surface area contributed by atoms with Crippen molar-refractivity contribution in [2.45, 2.75) is 32.8 Å². The summed E-state index contributed by atoms with van der Waals surface area (Å²) in [6, 6.07) is 13.9. The molecule has 0 aromatic heterocycles. The molecule has 2 aromatic carbocycles. The third-order valence-corrected chi connectivity index (χ3v) is 3.72. The van der Waals surface area contributed by atoms with Crippen LogP contribution >= 0.6 is 0 Å². The fourth-order valence-electron chi connectivity index (χ4n) is 2.17. The number of carbonyl (C=O) groups is 1. The van der Waals surface area contributed by atoms with Crippen molar-refractivity contribution < 1.29 is 14.5 Å². The van der Waals surface area contributed by atoms with Crippen LogP contribution in [-0.2, 0) is 21.6 Å². The van der Waals surface area contributed by atoms with E-state index in [9.17, 15) is 14.9 Å². The maximum absolute atomic E-state index is 11.8. The lowest BCUT2D eigenvalue weighted by Crippen LogP contribution is -2.10. The SMILES string of the molecule is CC(C)(C)c1ccc(COC(=O)C=Cc2ccc([N+](=O)[O-])cc2)cc1. The molecule has 25 heavy (non-hydrogen) atoms. The molecular weight excluding hydrogens is 318 g/mol. The highest BCUT2D eigenvalue weighted by Crippen LogP contribution is 2.22. The van der Waals surface area contributed by atoms with Crippen molar-refractivity contribution in [2.75, 3.05) is 0 Å². The van der Waals surface area contributed by atoms with E-state index in [2.05, 4.69) is 20.8 Å². The van der Waals surface area contributed by atoms with Gasteiger partial charge in [0.1, 0.15) is 6.61 Å². The normalized spacial score (nSPS) is 11.5. The number of esters is 1. The Morgan fingerprint density at radius 2 is 1.68 bits per heavy atom. The molecule has 0 bridgehead atoms. The third-order valence-electron chi connectivity index (χ3n) is 3.72. The number of nitrogens with zero attached hydrogens (tertiary/aromatic N) is 1. The van der Waals surface area contributed by atoms with Gasteiger partial charge < -0.3 is 4.74 Å². The second kappa shape index (κ2) is 7.75. The third kappa shape index (κ3) is 5.57. The van der Waals surface area contributed by atoms with Crippen LogP contribution in [0, 0.1) is 10.1 Å². The number of carbonyl (C=O) groups excluding carboxylic acids is 1. The van der Waals surface area contributed by atoms with Crippen molar-refractivity contribution >= 4 is 17.7 Å². The van der Waals surface area contributed by atoms with E-state index in [1.165, 1.54) is 23.8 Å². The first kappa shape index (κ1) is 18.4. The first-order chi connectivity index (χ1) is 11.8. The molecular formula is C20H21NO4. The summed E-state index contributed by atoms with van der Waals surface area (Å²) < 4.78 is 5.20. The molecule has 130 valence electrons. The van der Waals surface area contributed by atoms with Gasteiger partial charge in [0, 0.05) is 18.2 Å². The molecule has 5 nitrogen and oxygen atoms in total. The van der Waals surface area contributed by atoms with Crippen LogP contribution in [0.25, 0.3) is 6.08 Å². The lowest BCUT2D eigenvalue weighted by atomic mass is 9.87. The summed E-state index contributed by atoms with van der Waals surface area (Å²) in [6.45, 7) is 6.63. The van der Waals surface area contributed by atoms with Gasteiger partial charge in [-0.15, -0.1) is 0 Å². The molecule has 0 aliphatic carbocycles. The van der Waals surface area contributed by atoms with E-state index in [-0.39, 0.29) is 17.7 Å². The van der Waals surface area contributed by atoms with Crippen molar-refractivity contribution in [1.29, 1.82) is 0 Å². The summed E-state index contributed by atoms with van der Waals surface area (Å²) in [5.41, 5.74) is 2.93. The van der Waals surface area contributed by atoms with Gasteiger partial charge in [0.05, 0.1) is 4.92 Å². The number of rotatable bonds is 5. The van der Waals surface area contributed by atoms with Crippen LogP contribution < -0.4 is 0 Å². The summed E-state index contributed by atoms with van der Waals surface area (Å²) in [5, 5.41) is 10.6. The number of benzene rings is 2. The summed E-state index contributed by atoms with van der Waals surface area (Å²) in [4.78, 5) is 21.9. The summed E-state index contributed by atoms with van der Waals surface area (Å²) >= 11 is 0. The van der Waals surface area contributed by atoms with Crippen LogP contribution in [0.4, 0.5) is 5.69 Å². The number of nitro benzene ring substituents is 1. The van der Waals surface area contributed by atoms with E-state index in [4.69, 9.17) is 4.74 Å². The average Bonchev–Trinajstić information content (AvgIpc) is 2.58. The Morgan fingerprint density at radius 3 is 2.20 bits per heavy atom. The first-order valence-corrected chi connectivity index (χ1v) is 7.94. The topological polar surface area (TPSA) is 69.4 Å². The maximum atomic E-state index is 11.8. The molecule has 2 rings (SSSR count). The zero-order valence-corrected chi connectivity index (χ0v) is 14.6. The molecule has 0 aliphatic heterocycles. The van der Waals surface area contributed by atoms with Gasteiger partial charge >= 0.3 is 5.97 Å². The second-order valence-corrected chi connectivity index (χ2v) is 6.74. The van der Waals surface area contributed by atoms with Crippen molar-refractivity contribution in [3.8, 4) is 0 Å². The molecule has 0 heterocycles. The highest BCUT2D eigenvalue weighted by atomic mass is 16.6. The van der Waals surface area contributed by atoms with E-state index >= 15 is 0 Å². The zero-order valence-electron chi connectivity index (χ0n) is 14.6. The van der Waals surface area contributed by atoms with E-state index in [0.717, 1.165) is 5.56 Å². The molecule has 0 amide bonds. The summed E-state index contributed by atoms with van der Waals surface area (Å²) in [5.74, 6) is -0.460. The van der Waals surface area contributed by atoms with E-state index in [1.807, 2.05) is 24.3 Å². The quantitative estimate of drug-likeness (QED) is 0.344. The molecule has 0 spiro atoms. The fourth-order valence-corrected chi connectivity index (χ4v) is 2.17. The van der Waals surface area contributed by atoms with E-state index in [0.29, 0.717) is 5.56 Å². The van der Waals surface area contributed by atoms with Gasteiger partial charge in [0.2, 0.25) is 0 Å². The van der Waals surface area contributed by atoms with Gasteiger partial charge in [0.25, 0.3) is 5.69 Å². The van der Waals surface area contributed by atoms with Gasteiger partial charge in [0.15, 0.2) is 0 Å². The van der Waals surface area contributed by atoms with E-state index < -0.39 is 10.9 Å². The Morgan fingerprint density at radius 1 is 1.08 bits per heavy atom. The number of non-ortho nitro benzene ring substituents is 1. The molecule has 0 N–H and O–H groups in total. The molecule has 0 fully saturated rings. The lowest BCUT2D eigenvalue weighted by Gasteiger charge is -2.19. The molecule has 2 aromatic rings. The first-order valence-electron chi connectivity index (χ1n) is 7.94. The van der Waals surface area contributed by atoms with Crippen molar-refractivity contribution in [3.63, 3.8) is 0 Å². The summed E-state index contributed by atoms with van der Waals surface area (Å²) in [7, 11) is 0. The molecule has 0 saturated carbocycles. The Hall–Kier alpha value is -2.95. The van der Waals surface area contributed by atoms with E-state index in [1.54, 1.807) is 18.2 Å². The van der Waals surface area contributed by atoms with Crippen LogP contribution in [0.3, 0.4) is 0 Å². The molecule has 0 saturated heterocycles. The van der Waals surface area contributed by atoms with Gasteiger partial charge in [-0.3, -0.25) is 10.1 Å². The van der Waals surface area contributed by atoms with Crippen LogP contribution in [0.15, 0.2) is 54.6 Å². The minimum absolute atomic E-state index is 0.0124. The van der Waals surface area contributed by atoms with Crippen LogP contribution in [0.1, 0.15) is 37.5 Å². The maximum Gasteiger partial charge on any atom is 0.331 e. The van der Waals surface area contributed by atoms with Crippen LogP contribution in [-0.4, -0.2) is 10.9 Å². The Balaban J connectivity index is 1.88. The predicted octanol–water partition coefficient (Wildman–Crippen LogP) is 4.65. The fraction of sp³-hybridized carbons (Fsp3) is 0.250. The van der Waals surface area contributed by atoms with Crippen LogP contribution in [0.2, 0.25) is 0 Å². The minimum atomic E-state index is -0.466. The molecule has 0 atom stereocenters.